The molecule has 0 aromatic heterocycles. The lowest BCUT2D eigenvalue weighted by molar-refractivity contribution is -0.131. The summed E-state index contributed by atoms with van der Waals surface area (Å²) >= 11 is 11.9. The molecule has 148 valence electrons. The average molecular weight is 421 g/mol. The van der Waals surface area contributed by atoms with Crippen molar-refractivity contribution in [2.75, 3.05) is 19.7 Å². The van der Waals surface area contributed by atoms with Crippen molar-refractivity contribution in [1.82, 2.24) is 10.2 Å². The normalized spacial score (nSPS) is 16.1. The Bertz CT molecular complexity index is 855. The zero-order chi connectivity index (χ0) is 20.1. The van der Waals surface area contributed by atoms with Crippen LogP contribution in [0, 0.1) is 0 Å². The molecule has 0 unspecified atom stereocenters. The van der Waals surface area contributed by atoms with Gasteiger partial charge in [-0.25, -0.2) is 0 Å². The summed E-state index contributed by atoms with van der Waals surface area (Å²) in [5.74, 6) is 0.302. The van der Waals surface area contributed by atoms with Gasteiger partial charge in [-0.05, 0) is 55.7 Å². The van der Waals surface area contributed by atoms with Crippen molar-refractivity contribution in [3.05, 3.63) is 63.6 Å². The fraction of sp³-hybridized carbons (Fsp3) is 0.333. The van der Waals surface area contributed by atoms with Gasteiger partial charge in [0.1, 0.15) is 5.75 Å². The van der Waals surface area contributed by atoms with Crippen LogP contribution < -0.4 is 10.1 Å². The maximum absolute atomic E-state index is 12.7. The van der Waals surface area contributed by atoms with Crippen LogP contribution in [0.2, 0.25) is 10.0 Å². The van der Waals surface area contributed by atoms with E-state index >= 15 is 0 Å². The van der Waals surface area contributed by atoms with Crippen LogP contribution in [0.3, 0.4) is 0 Å². The van der Waals surface area contributed by atoms with E-state index in [-0.39, 0.29) is 23.5 Å². The lowest BCUT2D eigenvalue weighted by atomic mass is 10.0. The molecule has 28 heavy (non-hydrogen) atoms. The fourth-order valence-electron chi connectivity index (χ4n) is 3.39. The Kier molecular flexibility index (Phi) is 6.81. The molecule has 1 atom stereocenters. The van der Waals surface area contributed by atoms with Gasteiger partial charge in [-0.2, -0.15) is 0 Å². The Morgan fingerprint density at radius 1 is 1.18 bits per heavy atom. The summed E-state index contributed by atoms with van der Waals surface area (Å²) in [4.78, 5) is 26.8. The summed E-state index contributed by atoms with van der Waals surface area (Å²) in [6.07, 6.45) is 1.83. The molecule has 1 aliphatic heterocycles. The number of nitrogens with one attached hydrogen (secondary N) is 1. The maximum Gasteiger partial charge on any atom is 0.253 e. The Hall–Kier alpha value is -2.24. The Balaban J connectivity index is 1.62. The predicted molar refractivity (Wildman–Crippen MR) is 110 cm³/mol. The molecule has 0 spiro atoms. The number of benzene rings is 2. The Morgan fingerprint density at radius 2 is 1.93 bits per heavy atom. The first-order valence-corrected chi connectivity index (χ1v) is 10.0. The number of carbonyl (C=O) groups is 2. The van der Waals surface area contributed by atoms with Crippen molar-refractivity contribution >= 4 is 35.0 Å². The number of nitrogens with zero attached hydrogens (tertiary/aromatic N) is 1. The van der Waals surface area contributed by atoms with Crippen molar-refractivity contribution in [3.63, 3.8) is 0 Å². The second-order valence-electron chi connectivity index (χ2n) is 6.55. The van der Waals surface area contributed by atoms with Crippen LogP contribution >= 0.6 is 23.2 Å². The van der Waals surface area contributed by atoms with E-state index < -0.39 is 5.91 Å². The third-order valence-electron chi connectivity index (χ3n) is 4.72. The topological polar surface area (TPSA) is 58.6 Å². The van der Waals surface area contributed by atoms with E-state index in [1.54, 1.807) is 12.1 Å². The molecule has 0 saturated carbocycles. The average Bonchev–Trinajstić information content (AvgIpc) is 3.16. The monoisotopic (exact) mass is 420 g/mol. The van der Waals surface area contributed by atoms with E-state index in [1.165, 1.54) is 6.07 Å². The number of carbonyl (C=O) groups excluding carboxylic acids is 2. The molecular formula is C21H22Cl2N2O3. The molecule has 2 aromatic carbocycles. The van der Waals surface area contributed by atoms with Gasteiger partial charge in [0.15, 0.2) is 0 Å². The maximum atomic E-state index is 12.7. The first kappa shape index (κ1) is 20.5. The zero-order valence-corrected chi connectivity index (χ0v) is 17.1. The molecule has 2 aromatic rings. The molecule has 7 heteroatoms. The molecule has 3 rings (SSSR count). The summed E-state index contributed by atoms with van der Waals surface area (Å²) in [6.45, 7) is 3.15. The molecular weight excluding hydrogens is 399 g/mol. The van der Waals surface area contributed by atoms with Gasteiger partial charge in [-0.1, -0.05) is 35.3 Å². The van der Waals surface area contributed by atoms with Crippen molar-refractivity contribution in [1.29, 1.82) is 0 Å². The molecule has 1 saturated heterocycles. The highest BCUT2D eigenvalue weighted by Gasteiger charge is 2.30. The van der Waals surface area contributed by atoms with Gasteiger partial charge in [0.25, 0.3) is 5.91 Å². The van der Waals surface area contributed by atoms with E-state index in [4.69, 9.17) is 27.9 Å². The van der Waals surface area contributed by atoms with Crippen LogP contribution in [0.15, 0.2) is 42.5 Å². The van der Waals surface area contributed by atoms with Crippen LogP contribution in [0.4, 0.5) is 0 Å². The molecule has 0 radical (unpaired) electrons. The van der Waals surface area contributed by atoms with Gasteiger partial charge in [0.2, 0.25) is 5.91 Å². The van der Waals surface area contributed by atoms with Gasteiger partial charge in [-0.3, -0.25) is 9.59 Å². The van der Waals surface area contributed by atoms with Crippen LogP contribution in [0.1, 0.15) is 41.7 Å². The van der Waals surface area contributed by atoms with Crippen molar-refractivity contribution in [2.24, 2.45) is 0 Å². The highest BCUT2D eigenvalue weighted by Crippen LogP contribution is 2.32. The Morgan fingerprint density at radius 3 is 2.61 bits per heavy atom. The van der Waals surface area contributed by atoms with Crippen molar-refractivity contribution in [2.45, 2.75) is 25.8 Å². The molecule has 1 aliphatic rings. The summed E-state index contributed by atoms with van der Waals surface area (Å²) in [7, 11) is 0. The second-order valence-corrected chi connectivity index (χ2v) is 7.40. The number of hydrogen-bond acceptors (Lipinski definition) is 3. The minimum atomic E-state index is -0.396. The third kappa shape index (κ3) is 4.78. The number of likely N-dealkylation sites (tertiary alicyclic amines) is 1. The minimum absolute atomic E-state index is 0.0131. The molecule has 1 heterocycles. The molecule has 5 nitrogen and oxygen atoms in total. The second kappa shape index (κ2) is 9.30. The van der Waals surface area contributed by atoms with Gasteiger partial charge in [0.05, 0.1) is 29.8 Å². The van der Waals surface area contributed by atoms with Gasteiger partial charge in [0, 0.05) is 11.6 Å². The number of amides is 2. The number of halogens is 2. The number of rotatable bonds is 6. The summed E-state index contributed by atoms with van der Waals surface area (Å²) in [6, 6.07) is 12.5. The van der Waals surface area contributed by atoms with Crippen LogP contribution in [0.5, 0.6) is 5.75 Å². The Labute approximate surface area is 174 Å². The van der Waals surface area contributed by atoms with Gasteiger partial charge >= 0.3 is 0 Å². The van der Waals surface area contributed by atoms with Crippen molar-refractivity contribution < 1.29 is 14.3 Å². The number of hydrogen-bond donors (Lipinski definition) is 1. The zero-order valence-electron chi connectivity index (χ0n) is 15.6. The largest absolute Gasteiger partial charge is 0.494 e. The van der Waals surface area contributed by atoms with Crippen molar-refractivity contribution in [3.8, 4) is 5.75 Å². The highest BCUT2D eigenvalue weighted by atomic mass is 35.5. The quantitative estimate of drug-likeness (QED) is 0.748. The standard InChI is InChI=1S/C21H22Cl2N2O3/c1-2-28-16-8-5-14(6-9-16)19-4-3-11-25(19)20(26)13-24-21(27)17-10-7-15(22)12-18(17)23/h5-10,12,19H,2-4,11,13H2,1H3,(H,24,27)/t19-/m1/s1. The summed E-state index contributed by atoms with van der Waals surface area (Å²) in [5, 5.41) is 3.36. The fourth-order valence-corrected chi connectivity index (χ4v) is 3.89. The smallest absolute Gasteiger partial charge is 0.253 e. The van der Waals surface area contributed by atoms with Crippen LogP contribution in [0.25, 0.3) is 0 Å². The molecule has 1 fully saturated rings. The lowest BCUT2D eigenvalue weighted by Crippen LogP contribution is -2.39. The SMILES string of the molecule is CCOc1ccc([C@H]2CCCN2C(=O)CNC(=O)c2ccc(Cl)cc2Cl)cc1. The van der Waals surface area contributed by atoms with E-state index in [9.17, 15) is 9.59 Å². The van der Waals surface area contributed by atoms with Crippen LogP contribution in [-0.2, 0) is 4.79 Å². The third-order valence-corrected chi connectivity index (χ3v) is 5.27. The number of ether oxygens (including phenoxy) is 1. The van der Waals surface area contributed by atoms with E-state index in [0.29, 0.717) is 23.7 Å². The van der Waals surface area contributed by atoms with Crippen LogP contribution in [-0.4, -0.2) is 36.4 Å². The predicted octanol–water partition coefficient (Wildman–Crippen LogP) is 4.49. The van der Waals surface area contributed by atoms with Gasteiger partial charge < -0.3 is 15.0 Å². The first-order chi connectivity index (χ1) is 13.5. The van der Waals surface area contributed by atoms with Gasteiger partial charge in [-0.15, -0.1) is 0 Å². The lowest BCUT2D eigenvalue weighted by Gasteiger charge is -2.25. The molecule has 0 bridgehead atoms. The molecule has 0 aliphatic carbocycles. The van der Waals surface area contributed by atoms with E-state index in [1.807, 2.05) is 36.1 Å². The van der Waals surface area contributed by atoms with E-state index in [0.717, 1.165) is 24.2 Å². The molecule has 1 N–H and O–H groups in total. The minimum Gasteiger partial charge on any atom is -0.494 e. The highest BCUT2D eigenvalue weighted by molar-refractivity contribution is 6.36. The summed E-state index contributed by atoms with van der Waals surface area (Å²) in [5.41, 5.74) is 1.37. The van der Waals surface area contributed by atoms with E-state index in [2.05, 4.69) is 5.32 Å². The first-order valence-electron chi connectivity index (χ1n) is 9.25. The summed E-state index contributed by atoms with van der Waals surface area (Å²) < 4.78 is 5.47. The molecule has 2 amide bonds.